The summed E-state index contributed by atoms with van der Waals surface area (Å²) in [6.45, 7) is 0.853. The number of fused-ring (bicyclic) bond motifs is 1. The molecule has 2 N–H and O–H groups in total. The second kappa shape index (κ2) is 5.37. The maximum atomic E-state index is 6.01. The van der Waals surface area contributed by atoms with Crippen molar-refractivity contribution < 1.29 is 0 Å². The van der Waals surface area contributed by atoms with E-state index in [0.717, 1.165) is 18.5 Å². The van der Waals surface area contributed by atoms with E-state index in [-0.39, 0.29) is 5.28 Å². The number of hydrogen-bond donors (Lipinski definition) is 2. The van der Waals surface area contributed by atoms with Crippen molar-refractivity contribution >= 4 is 34.2 Å². The Bertz CT molecular complexity index is 595. The second-order valence-corrected chi connectivity index (χ2v) is 4.06. The van der Waals surface area contributed by atoms with Gasteiger partial charge in [-0.25, -0.2) is 4.98 Å². The summed E-state index contributed by atoms with van der Waals surface area (Å²) in [4.78, 5) is 10.9. The first-order valence-electron chi connectivity index (χ1n) is 5.06. The third-order valence-electron chi connectivity index (χ3n) is 2.18. The van der Waals surface area contributed by atoms with E-state index in [1.54, 1.807) is 6.20 Å². The minimum Gasteiger partial charge on any atom is -0.345 e. The molecule has 6 heteroatoms. The van der Waals surface area contributed by atoms with Crippen molar-refractivity contribution in [1.82, 2.24) is 20.3 Å². The SMILES string of the molecule is CNCCC#Cc1c[nH]c2nc(Cl)nc(Cl)c12. The number of hydrogen-bond acceptors (Lipinski definition) is 3. The van der Waals surface area contributed by atoms with Crippen molar-refractivity contribution in [2.45, 2.75) is 6.42 Å². The summed E-state index contributed by atoms with van der Waals surface area (Å²) >= 11 is 11.7. The Kier molecular flexibility index (Phi) is 3.85. The lowest BCUT2D eigenvalue weighted by Gasteiger charge is -1.94. The molecule has 2 aromatic rings. The highest BCUT2D eigenvalue weighted by atomic mass is 35.5. The van der Waals surface area contributed by atoms with Crippen LogP contribution in [-0.4, -0.2) is 28.5 Å². The quantitative estimate of drug-likeness (QED) is 0.380. The van der Waals surface area contributed by atoms with Crippen molar-refractivity contribution in [2.75, 3.05) is 13.6 Å². The molecule has 0 atom stereocenters. The molecule has 0 bridgehead atoms. The first kappa shape index (κ1) is 12.2. The van der Waals surface area contributed by atoms with Crippen LogP contribution in [0.25, 0.3) is 11.0 Å². The predicted molar refractivity (Wildman–Crippen MR) is 69.3 cm³/mol. The van der Waals surface area contributed by atoms with Crippen LogP contribution in [0.4, 0.5) is 0 Å². The molecular weight excluding hydrogens is 259 g/mol. The van der Waals surface area contributed by atoms with Gasteiger partial charge in [0.2, 0.25) is 5.28 Å². The Balaban J connectivity index is 2.38. The molecule has 0 saturated heterocycles. The highest BCUT2D eigenvalue weighted by molar-refractivity contribution is 6.36. The Morgan fingerprint density at radius 1 is 1.41 bits per heavy atom. The lowest BCUT2D eigenvalue weighted by Crippen LogP contribution is -2.05. The molecule has 2 rings (SSSR count). The summed E-state index contributed by atoms with van der Waals surface area (Å²) in [5, 5.41) is 4.18. The molecule has 88 valence electrons. The van der Waals surface area contributed by atoms with Gasteiger partial charge in [-0.1, -0.05) is 23.4 Å². The minimum atomic E-state index is 0.124. The molecule has 0 radical (unpaired) electrons. The number of aromatic nitrogens is 3. The van der Waals surface area contributed by atoms with Gasteiger partial charge in [-0.3, -0.25) is 0 Å². The van der Waals surface area contributed by atoms with Gasteiger partial charge in [-0.2, -0.15) is 4.98 Å². The highest BCUT2D eigenvalue weighted by Crippen LogP contribution is 2.24. The maximum absolute atomic E-state index is 6.01. The highest BCUT2D eigenvalue weighted by Gasteiger charge is 2.09. The van der Waals surface area contributed by atoms with E-state index in [1.807, 2.05) is 7.05 Å². The minimum absolute atomic E-state index is 0.124. The molecule has 17 heavy (non-hydrogen) atoms. The zero-order valence-electron chi connectivity index (χ0n) is 9.14. The van der Waals surface area contributed by atoms with Crippen LogP contribution in [0.5, 0.6) is 0 Å². The predicted octanol–water partition coefficient (Wildman–Crippen LogP) is 2.23. The van der Waals surface area contributed by atoms with Gasteiger partial charge in [0.1, 0.15) is 10.8 Å². The normalized spacial score (nSPS) is 10.3. The van der Waals surface area contributed by atoms with Gasteiger partial charge >= 0.3 is 0 Å². The number of nitrogens with one attached hydrogen (secondary N) is 2. The molecule has 0 aliphatic heterocycles. The van der Waals surface area contributed by atoms with Crippen LogP contribution in [0.2, 0.25) is 10.4 Å². The number of halogens is 2. The summed E-state index contributed by atoms with van der Waals surface area (Å²) in [7, 11) is 1.89. The number of H-pyrrole nitrogens is 1. The molecule has 0 aromatic carbocycles. The Morgan fingerprint density at radius 2 is 2.24 bits per heavy atom. The van der Waals surface area contributed by atoms with E-state index in [1.165, 1.54) is 0 Å². The number of aromatic amines is 1. The lowest BCUT2D eigenvalue weighted by molar-refractivity contribution is 0.818. The van der Waals surface area contributed by atoms with Crippen LogP contribution in [0, 0.1) is 11.8 Å². The van der Waals surface area contributed by atoms with Crippen molar-refractivity contribution in [3.8, 4) is 11.8 Å². The van der Waals surface area contributed by atoms with Gasteiger partial charge in [0.05, 0.1) is 10.9 Å². The first-order chi connectivity index (χ1) is 8.22. The fraction of sp³-hybridized carbons (Fsp3) is 0.273. The molecule has 0 aliphatic rings. The monoisotopic (exact) mass is 268 g/mol. The van der Waals surface area contributed by atoms with E-state index in [0.29, 0.717) is 16.2 Å². The molecule has 0 amide bonds. The number of rotatable bonds is 2. The average molecular weight is 269 g/mol. The second-order valence-electron chi connectivity index (χ2n) is 3.36. The lowest BCUT2D eigenvalue weighted by atomic mass is 10.2. The van der Waals surface area contributed by atoms with Crippen LogP contribution in [0.1, 0.15) is 12.0 Å². The van der Waals surface area contributed by atoms with Crippen LogP contribution in [0.15, 0.2) is 6.20 Å². The zero-order valence-corrected chi connectivity index (χ0v) is 10.7. The third-order valence-corrected chi connectivity index (χ3v) is 2.63. The Morgan fingerprint density at radius 3 is 3.00 bits per heavy atom. The van der Waals surface area contributed by atoms with Gasteiger partial charge in [-0.15, -0.1) is 0 Å². The molecular formula is C11H10Cl2N4. The molecule has 0 saturated carbocycles. The fourth-order valence-corrected chi connectivity index (χ4v) is 1.89. The van der Waals surface area contributed by atoms with Gasteiger partial charge in [0.15, 0.2) is 0 Å². The third kappa shape index (κ3) is 2.70. The molecule has 0 spiro atoms. The average Bonchev–Trinajstić information content (AvgIpc) is 2.68. The summed E-state index contributed by atoms with van der Waals surface area (Å²) in [5.41, 5.74) is 1.39. The fourth-order valence-electron chi connectivity index (χ4n) is 1.41. The molecule has 2 heterocycles. The molecule has 4 nitrogen and oxygen atoms in total. The van der Waals surface area contributed by atoms with Crippen LogP contribution >= 0.6 is 23.2 Å². The topological polar surface area (TPSA) is 53.6 Å². The number of nitrogens with zero attached hydrogens (tertiary/aromatic N) is 2. The van der Waals surface area contributed by atoms with E-state index in [9.17, 15) is 0 Å². The standard InChI is InChI=1S/C11H10Cl2N4/c1-14-5-3-2-4-7-6-15-10-8(7)9(12)16-11(13)17-10/h6,14H,3,5H2,1H3,(H,15,16,17). The molecule has 0 fully saturated rings. The van der Waals surface area contributed by atoms with Crippen molar-refractivity contribution in [2.24, 2.45) is 0 Å². The Hall–Kier alpha value is -1.28. The van der Waals surface area contributed by atoms with Gasteiger partial charge in [-0.05, 0) is 18.6 Å². The van der Waals surface area contributed by atoms with Crippen molar-refractivity contribution in [1.29, 1.82) is 0 Å². The molecule has 0 unspecified atom stereocenters. The summed E-state index contributed by atoms with van der Waals surface area (Å²) in [6.07, 6.45) is 2.53. The van der Waals surface area contributed by atoms with Crippen molar-refractivity contribution in [3.05, 3.63) is 22.2 Å². The first-order valence-corrected chi connectivity index (χ1v) is 5.81. The van der Waals surface area contributed by atoms with Crippen molar-refractivity contribution in [3.63, 3.8) is 0 Å². The van der Waals surface area contributed by atoms with Crippen LogP contribution in [-0.2, 0) is 0 Å². The van der Waals surface area contributed by atoms with Gasteiger partial charge in [0.25, 0.3) is 0 Å². The van der Waals surface area contributed by atoms with E-state index in [2.05, 4.69) is 32.1 Å². The van der Waals surface area contributed by atoms with E-state index in [4.69, 9.17) is 23.2 Å². The summed E-state index contributed by atoms with van der Waals surface area (Å²) in [5.74, 6) is 6.08. The Labute approximate surface area is 109 Å². The maximum Gasteiger partial charge on any atom is 0.225 e. The smallest absolute Gasteiger partial charge is 0.225 e. The van der Waals surface area contributed by atoms with Gasteiger partial charge in [0, 0.05) is 19.2 Å². The van der Waals surface area contributed by atoms with Crippen LogP contribution < -0.4 is 5.32 Å². The zero-order chi connectivity index (χ0) is 12.3. The molecule has 2 aromatic heterocycles. The summed E-state index contributed by atoms with van der Waals surface area (Å²) in [6, 6.07) is 0. The van der Waals surface area contributed by atoms with E-state index >= 15 is 0 Å². The molecule has 0 aliphatic carbocycles. The van der Waals surface area contributed by atoms with E-state index < -0.39 is 0 Å². The van der Waals surface area contributed by atoms with Gasteiger partial charge < -0.3 is 10.3 Å². The van der Waals surface area contributed by atoms with Crippen LogP contribution in [0.3, 0.4) is 0 Å². The largest absolute Gasteiger partial charge is 0.345 e. The summed E-state index contributed by atoms with van der Waals surface area (Å²) < 4.78 is 0.